The molecule has 1 aliphatic heterocycles. The minimum atomic E-state index is -0.865. The molecule has 1 aromatic rings. The van der Waals surface area contributed by atoms with Crippen molar-refractivity contribution in [3.05, 3.63) is 21.3 Å². The molecule has 1 heterocycles. The van der Waals surface area contributed by atoms with Crippen LogP contribution < -0.4 is 14.9 Å². The number of hydrazone groups is 1. The number of halogens is 1. The van der Waals surface area contributed by atoms with E-state index in [0.717, 1.165) is 14.9 Å². The molecule has 1 fully saturated rings. The SMILES string of the molecule is CCOc1cc(/C=N\NC(=O)CC2(C)OCCO2)cc(I)c1OCC. The van der Waals surface area contributed by atoms with Crippen molar-refractivity contribution >= 4 is 34.7 Å². The third-order valence-electron chi connectivity index (χ3n) is 3.40. The van der Waals surface area contributed by atoms with Gasteiger partial charge < -0.3 is 18.9 Å². The highest BCUT2D eigenvalue weighted by atomic mass is 127. The minimum absolute atomic E-state index is 0.0926. The third kappa shape index (κ3) is 5.82. The molecular weight excluding hydrogens is 439 g/mol. The van der Waals surface area contributed by atoms with Gasteiger partial charge in [0, 0.05) is 0 Å². The molecule has 1 aromatic carbocycles. The standard InChI is InChI=1S/C17H23IN2O5/c1-4-22-14-9-12(8-13(18)16(14)23-5-2)11-19-20-15(21)10-17(3)24-6-7-25-17/h8-9,11H,4-7,10H2,1-3H3,(H,20,21)/b19-11-. The Bertz CT molecular complexity index is 630. The van der Waals surface area contributed by atoms with Crippen LogP contribution >= 0.6 is 22.6 Å². The molecule has 0 saturated carbocycles. The maximum Gasteiger partial charge on any atom is 0.245 e. The zero-order valence-electron chi connectivity index (χ0n) is 14.6. The van der Waals surface area contributed by atoms with Crippen LogP contribution in [0.4, 0.5) is 0 Å². The van der Waals surface area contributed by atoms with Gasteiger partial charge in [-0.2, -0.15) is 5.10 Å². The van der Waals surface area contributed by atoms with Gasteiger partial charge in [0.05, 0.1) is 42.6 Å². The Labute approximate surface area is 161 Å². The van der Waals surface area contributed by atoms with Crippen molar-refractivity contribution in [3.8, 4) is 11.5 Å². The zero-order valence-corrected chi connectivity index (χ0v) is 16.8. The summed E-state index contributed by atoms with van der Waals surface area (Å²) in [7, 11) is 0. The average Bonchev–Trinajstić information content (AvgIpc) is 2.97. The highest BCUT2D eigenvalue weighted by Crippen LogP contribution is 2.33. The number of rotatable bonds is 8. The molecule has 0 bridgehead atoms. The fraction of sp³-hybridized carbons (Fsp3) is 0.529. The Morgan fingerprint density at radius 2 is 2.00 bits per heavy atom. The van der Waals surface area contributed by atoms with Crippen LogP contribution in [0.2, 0.25) is 0 Å². The molecule has 1 amide bonds. The van der Waals surface area contributed by atoms with Crippen LogP contribution in [0.5, 0.6) is 11.5 Å². The second-order valence-corrected chi connectivity index (χ2v) is 6.66. The highest BCUT2D eigenvalue weighted by molar-refractivity contribution is 14.1. The number of carbonyl (C=O) groups excluding carboxylic acids is 1. The fourth-order valence-electron chi connectivity index (χ4n) is 2.38. The van der Waals surface area contributed by atoms with Gasteiger partial charge in [-0.15, -0.1) is 0 Å². The Morgan fingerprint density at radius 3 is 2.64 bits per heavy atom. The first-order valence-corrected chi connectivity index (χ1v) is 9.24. The number of ether oxygens (including phenoxy) is 4. The lowest BCUT2D eigenvalue weighted by molar-refractivity contribution is -0.159. The van der Waals surface area contributed by atoms with Crippen molar-refractivity contribution in [1.29, 1.82) is 0 Å². The van der Waals surface area contributed by atoms with Crippen molar-refractivity contribution < 1.29 is 23.7 Å². The molecule has 1 aliphatic rings. The van der Waals surface area contributed by atoms with Gasteiger partial charge >= 0.3 is 0 Å². The first-order valence-electron chi connectivity index (χ1n) is 8.16. The number of amides is 1. The van der Waals surface area contributed by atoms with Gasteiger partial charge in [0.15, 0.2) is 17.3 Å². The molecule has 1 N–H and O–H groups in total. The van der Waals surface area contributed by atoms with Gasteiger partial charge in [-0.25, -0.2) is 5.43 Å². The van der Waals surface area contributed by atoms with E-state index in [9.17, 15) is 4.79 Å². The number of nitrogens with zero attached hydrogens (tertiary/aromatic N) is 1. The summed E-state index contributed by atoms with van der Waals surface area (Å²) < 4.78 is 23.0. The van der Waals surface area contributed by atoms with Gasteiger partial charge in [-0.1, -0.05) is 0 Å². The van der Waals surface area contributed by atoms with Crippen LogP contribution in [0, 0.1) is 3.57 Å². The summed E-state index contributed by atoms with van der Waals surface area (Å²) in [6, 6.07) is 3.74. The number of nitrogens with one attached hydrogen (secondary N) is 1. The van der Waals surface area contributed by atoms with E-state index < -0.39 is 5.79 Å². The minimum Gasteiger partial charge on any atom is -0.490 e. The molecule has 0 aromatic heterocycles. The van der Waals surface area contributed by atoms with Crippen LogP contribution in [-0.2, 0) is 14.3 Å². The van der Waals surface area contributed by atoms with Gasteiger partial charge in [-0.05, 0) is 61.1 Å². The molecule has 0 aliphatic carbocycles. The van der Waals surface area contributed by atoms with E-state index in [1.54, 1.807) is 13.1 Å². The summed E-state index contributed by atoms with van der Waals surface area (Å²) in [5, 5.41) is 4.00. The van der Waals surface area contributed by atoms with Crippen molar-refractivity contribution in [2.75, 3.05) is 26.4 Å². The van der Waals surface area contributed by atoms with Crippen LogP contribution in [0.3, 0.4) is 0 Å². The van der Waals surface area contributed by atoms with E-state index >= 15 is 0 Å². The number of hydrogen-bond acceptors (Lipinski definition) is 6. The lowest BCUT2D eigenvalue weighted by Crippen LogP contribution is -2.33. The first kappa shape index (κ1) is 19.9. The highest BCUT2D eigenvalue weighted by Gasteiger charge is 2.33. The van der Waals surface area contributed by atoms with E-state index in [1.807, 2.05) is 26.0 Å². The summed E-state index contributed by atoms with van der Waals surface area (Å²) in [6.07, 6.45) is 1.66. The second-order valence-electron chi connectivity index (χ2n) is 5.50. The largest absolute Gasteiger partial charge is 0.490 e. The molecule has 1 saturated heterocycles. The summed E-state index contributed by atoms with van der Waals surface area (Å²) in [5.74, 6) is 0.237. The van der Waals surface area contributed by atoms with Gasteiger partial charge in [-0.3, -0.25) is 4.79 Å². The van der Waals surface area contributed by atoms with Gasteiger partial charge in [0.2, 0.25) is 5.91 Å². The van der Waals surface area contributed by atoms with Crippen molar-refractivity contribution in [2.45, 2.75) is 33.0 Å². The number of benzene rings is 1. The van der Waals surface area contributed by atoms with Crippen LogP contribution in [0.15, 0.2) is 17.2 Å². The van der Waals surface area contributed by atoms with E-state index in [1.165, 1.54) is 0 Å². The summed E-state index contributed by atoms with van der Waals surface area (Å²) >= 11 is 2.19. The van der Waals surface area contributed by atoms with Crippen molar-refractivity contribution in [3.63, 3.8) is 0 Å². The molecule has 7 nitrogen and oxygen atoms in total. The Hall–Kier alpha value is -1.39. The number of carbonyl (C=O) groups is 1. The van der Waals surface area contributed by atoms with Crippen molar-refractivity contribution in [2.24, 2.45) is 5.10 Å². The summed E-state index contributed by atoms with van der Waals surface area (Å²) in [5.41, 5.74) is 3.29. The van der Waals surface area contributed by atoms with Gasteiger partial charge in [0.1, 0.15) is 0 Å². The topological polar surface area (TPSA) is 78.4 Å². The van der Waals surface area contributed by atoms with Crippen molar-refractivity contribution in [1.82, 2.24) is 5.43 Å². The average molecular weight is 462 g/mol. The molecule has 0 radical (unpaired) electrons. The molecule has 0 atom stereocenters. The molecule has 0 unspecified atom stereocenters. The Morgan fingerprint density at radius 1 is 1.32 bits per heavy atom. The lowest BCUT2D eigenvalue weighted by Gasteiger charge is -2.20. The predicted octanol–water partition coefficient (Wildman–Crippen LogP) is 2.69. The molecule has 0 spiro atoms. The third-order valence-corrected chi connectivity index (χ3v) is 4.20. The normalized spacial score (nSPS) is 16.2. The maximum atomic E-state index is 11.9. The monoisotopic (exact) mass is 462 g/mol. The molecule has 8 heteroatoms. The van der Waals surface area contributed by atoms with E-state index in [2.05, 4.69) is 33.1 Å². The molecule has 138 valence electrons. The Kier molecular flexibility index (Phi) is 7.45. The second kappa shape index (κ2) is 9.35. The maximum absolute atomic E-state index is 11.9. The summed E-state index contributed by atoms with van der Waals surface area (Å²) in [6.45, 7) is 7.67. The first-order chi connectivity index (χ1) is 12.0. The van der Waals surface area contributed by atoms with E-state index in [-0.39, 0.29) is 12.3 Å². The van der Waals surface area contributed by atoms with Crippen LogP contribution in [0.1, 0.15) is 32.8 Å². The van der Waals surface area contributed by atoms with E-state index in [4.69, 9.17) is 18.9 Å². The molecular formula is C17H23IN2O5. The summed E-state index contributed by atoms with van der Waals surface area (Å²) in [4.78, 5) is 11.9. The van der Waals surface area contributed by atoms with Crippen LogP contribution in [0.25, 0.3) is 0 Å². The zero-order chi connectivity index (χ0) is 18.3. The van der Waals surface area contributed by atoms with Gasteiger partial charge in [0.25, 0.3) is 0 Å². The smallest absolute Gasteiger partial charge is 0.245 e. The van der Waals surface area contributed by atoms with E-state index in [0.29, 0.717) is 32.2 Å². The lowest BCUT2D eigenvalue weighted by atomic mass is 10.2. The Balaban J connectivity index is 2.01. The quantitative estimate of drug-likeness (QED) is 0.365. The fourth-order valence-corrected chi connectivity index (χ4v) is 3.16. The molecule has 2 rings (SSSR count). The predicted molar refractivity (Wildman–Crippen MR) is 102 cm³/mol. The van der Waals surface area contributed by atoms with Crippen LogP contribution in [-0.4, -0.2) is 44.3 Å². The molecule has 25 heavy (non-hydrogen) atoms. The number of hydrogen-bond donors (Lipinski definition) is 1.